The molecule has 0 atom stereocenters. The van der Waals surface area contributed by atoms with Gasteiger partial charge < -0.3 is 14.2 Å². The number of hydrogen-bond donors (Lipinski definition) is 0. The number of furan rings is 1. The molecule has 0 radical (unpaired) electrons. The van der Waals surface area contributed by atoms with E-state index in [2.05, 4.69) is 0 Å². The molecule has 2 aromatic rings. The van der Waals surface area contributed by atoms with Crippen LogP contribution in [0.1, 0.15) is 33.8 Å². The van der Waals surface area contributed by atoms with Crippen LogP contribution in [0.3, 0.4) is 0 Å². The lowest BCUT2D eigenvalue weighted by molar-refractivity contribution is 0.0477. The number of carbonyl (C=O) groups is 2. The molecule has 136 valence electrons. The van der Waals surface area contributed by atoms with Gasteiger partial charge in [-0.2, -0.15) is 0 Å². The molecule has 0 bridgehead atoms. The highest BCUT2D eigenvalue weighted by molar-refractivity contribution is 8.00. The molecule has 0 unspecified atom stereocenters. The van der Waals surface area contributed by atoms with Crippen LogP contribution >= 0.6 is 23.4 Å². The average Bonchev–Trinajstić information content (AvgIpc) is 3.32. The van der Waals surface area contributed by atoms with Gasteiger partial charge in [0.1, 0.15) is 0 Å². The third-order valence-electron chi connectivity index (χ3n) is 5.09. The van der Waals surface area contributed by atoms with Gasteiger partial charge in [-0.25, -0.2) is 0 Å². The molecule has 1 aromatic carbocycles. The van der Waals surface area contributed by atoms with Gasteiger partial charge >= 0.3 is 0 Å². The minimum Gasteiger partial charge on any atom is -0.459 e. The number of benzene rings is 1. The first-order chi connectivity index (χ1) is 12.6. The molecule has 26 heavy (non-hydrogen) atoms. The van der Waals surface area contributed by atoms with E-state index in [-0.39, 0.29) is 16.7 Å². The molecule has 2 aliphatic heterocycles. The summed E-state index contributed by atoms with van der Waals surface area (Å²) in [5.74, 6) is 1.18. The van der Waals surface area contributed by atoms with Crippen molar-refractivity contribution in [2.24, 2.45) is 0 Å². The molecule has 0 saturated carbocycles. The molecule has 2 fully saturated rings. The van der Waals surface area contributed by atoms with Gasteiger partial charge in [0, 0.05) is 25.4 Å². The SMILES string of the molecule is O=C(c1ccccc1Cl)N1CCC2(CC1)SCCN2C(=O)c1ccco1. The fourth-order valence-corrected chi connectivity index (χ4v) is 5.38. The topological polar surface area (TPSA) is 53.8 Å². The van der Waals surface area contributed by atoms with Crippen LogP contribution in [0.15, 0.2) is 47.1 Å². The summed E-state index contributed by atoms with van der Waals surface area (Å²) in [6.07, 6.45) is 3.02. The Morgan fingerprint density at radius 3 is 2.50 bits per heavy atom. The largest absolute Gasteiger partial charge is 0.459 e. The second kappa shape index (κ2) is 7.00. The molecule has 0 aliphatic carbocycles. The van der Waals surface area contributed by atoms with E-state index in [0.717, 1.165) is 18.6 Å². The number of nitrogens with zero attached hydrogens (tertiary/aromatic N) is 2. The molecule has 7 heteroatoms. The Morgan fingerprint density at radius 1 is 1.04 bits per heavy atom. The molecule has 2 saturated heterocycles. The first kappa shape index (κ1) is 17.5. The minimum atomic E-state index is -0.249. The molecular weight excluding hydrogens is 372 g/mol. The maximum absolute atomic E-state index is 12.8. The highest BCUT2D eigenvalue weighted by atomic mass is 35.5. The van der Waals surface area contributed by atoms with Crippen molar-refractivity contribution in [1.82, 2.24) is 9.80 Å². The van der Waals surface area contributed by atoms with Crippen LogP contribution in [0.5, 0.6) is 0 Å². The van der Waals surface area contributed by atoms with E-state index in [1.807, 2.05) is 33.7 Å². The van der Waals surface area contributed by atoms with E-state index in [4.69, 9.17) is 16.0 Å². The van der Waals surface area contributed by atoms with Crippen molar-refractivity contribution in [3.8, 4) is 0 Å². The van der Waals surface area contributed by atoms with Gasteiger partial charge in [-0.15, -0.1) is 11.8 Å². The van der Waals surface area contributed by atoms with E-state index in [0.29, 0.717) is 36.0 Å². The Hall–Kier alpha value is -1.92. The fourth-order valence-electron chi connectivity index (χ4n) is 3.71. The Bertz CT molecular complexity index is 816. The maximum atomic E-state index is 12.8. The number of likely N-dealkylation sites (tertiary alicyclic amines) is 1. The summed E-state index contributed by atoms with van der Waals surface area (Å²) in [6, 6.07) is 10.6. The molecule has 3 heterocycles. The van der Waals surface area contributed by atoms with Crippen LogP contribution in [0.25, 0.3) is 0 Å². The molecule has 1 aromatic heterocycles. The van der Waals surface area contributed by atoms with Crippen LogP contribution in [0.2, 0.25) is 5.02 Å². The standard InChI is InChI=1S/C19H19ClN2O3S/c20-15-5-2-1-4-14(15)17(23)21-9-7-19(8-10-21)22(11-13-26-19)18(24)16-6-3-12-25-16/h1-6,12H,7-11,13H2. The first-order valence-corrected chi connectivity index (χ1v) is 10.0. The van der Waals surface area contributed by atoms with Gasteiger partial charge in [0.05, 0.1) is 21.7 Å². The van der Waals surface area contributed by atoms with Gasteiger partial charge in [-0.1, -0.05) is 23.7 Å². The average molecular weight is 391 g/mol. The van der Waals surface area contributed by atoms with Crippen LogP contribution in [-0.4, -0.2) is 51.9 Å². The summed E-state index contributed by atoms with van der Waals surface area (Å²) < 4.78 is 5.29. The van der Waals surface area contributed by atoms with Crippen LogP contribution in [0, 0.1) is 0 Å². The van der Waals surface area contributed by atoms with E-state index < -0.39 is 0 Å². The van der Waals surface area contributed by atoms with Crippen molar-refractivity contribution in [2.45, 2.75) is 17.7 Å². The Kier molecular flexibility index (Phi) is 4.71. The summed E-state index contributed by atoms with van der Waals surface area (Å²) in [7, 11) is 0. The fraction of sp³-hybridized carbons (Fsp3) is 0.368. The number of carbonyl (C=O) groups excluding carboxylic acids is 2. The minimum absolute atomic E-state index is 0.0441. The molecule has 2 aliphatic rings. The lowest BCUT2D eigenvalue weighted by Crippen LogP contribution is -2.53. The molecule has 0 N–H and O–H groups in total. The Labute approximate surface area is 161 Å². The Balaban J connectivity index is 1.48. The lowest BCUT2D eigenvalue weighted by Gasteiger charge is -2.43. The van der Waals surface area contributed by atoms with Crippen molar-refractivity contribution in [2.75, 3.05) is 25.4 Å². The molecule has 4 rings (SSSR count). The Morgan fingerprint density at radius 2 is 1.81 bits per heavy atom. The highest BCUT2D eigenvalue weighted by Crippen LogP contribution is 2.44. The molecular formula is C19H19ClN2O3S. The van der Waals surface area contributed by atoms with Crippen LogP contribution in [0.4, 0.5) is 0 Å². The summed E-state index contributed by atoms with van der Waals surface area (Å²) in [6.45, 7) is 1.93. The van der Waals surface area contributed by atoms with Gasteiger partial charge in [0.2, 0.25) is 0 Å². The number of rotatable bonds is 2. The van der Waals surface area contributed by atoms with Crippen LogP contribution in [-0.2, 0) is 0 Å². The third kappa shape index (κ3) is 3.01. The first-order valence-electron chi connectivity index (χ1n) is 8.64. The predicted octanol–water partition coefficient (Wildman–Crippen LogP) is 3.75. The lowest BCUT2D eigenvalue weighted by atomic mass is 10.0. The number of hydrogen-bond acceptors (Lipinski definition) is 4. The monoisotopic (exact) mass is 390 g/mol. The van der Waals surface area contributed by atoms with E-state index in [1.165, 1.54) is 6.26 Å². The van der Waals surface area contributed by atoms with Gasteiger partial charge in [0.25, 0.3) is 11.8 Å². The number of amides is 2. The second-order valence-electron chi connectivity index (χ2n) is 6.50. The summed E-state index contributed by atoms with van der Waals surface area (Å²) in [5.41, 5.74) is 0.535. The van der Waals surface area contributed by atoms with Gasteiger partial charge in [-0.3, -0.25) is 9.59 Å². The van der Waals surface area contributed by atoms with E-state index in [1.54, 1.807) is 24.3 Å². The smallest absolute Gasteiger partial charge is 0.290 e. The zero-order valence-electron chi connectivity index (χ0n) is 14.2. The zero-order chi connectivity index (χ0) is 18.1. The highest BCUT2D eigenvalue weighted by Gasteiger charge is 2.47. The van der Waals surface area contributed by atoms with Crippen molar-refractivity contribution < 1.29 is 14.0 Å². The molecule has 5 nitrogen and oxygen atoms in total. The van der Waals surface area contributed by atoms with Crippen molar-refractivity contribution in [3.05, 3.63) is 59.0 Å². The maximum Gasteiger partial charge on any atom is 0.290 e. The van der Waals surface area contributed by atoms with Crippen LogP contribution < -0.4 is 0 Å². The van der Waals surface area contributed by atoms with Crippen molar-refractivity contribution >= 4 is 35.2 Å². The summed E-state index contributed by atoms with van der Waals surface area (Å²) in [5, 5.41) is 0.475. The number of piperidine rings is 1. The van der Waals surface area contributed by atoms with E-state index in [9.17, 15) is 9.59 Å². The van der Waals surface area contributed by atoms with Gasteiger partial charge in [0.15, 0.2) is 5.76 Å². The predicted molar refractivity (Wildman–Crippen MR) is 102 cm³/mol. The van der Waals surface area contributed by atoms with Crippen molar-refractivity contribution in [1.29, 1.82) is 0 Å². The zero-order valence-corrected chi connectivity index (χ0v) is 15.8. The second-order valence-corrected chi connectivity index (χ2v) is 8.36. The quantitative estimate of drug-likeness (QED) is 0.783. The summed E-state index contributed by atoms with van der Waals surface area (Å²) in [4.78, 5) is 29.1. The molecule has 1 spiro atoms. The number of thioether (sulfide) groups is 1. The molecule has 2 amide bonds. The third-order valence-corrected chi connectivity index (χ3v) is 6.97. The van der Waals surface area contributed by atoms with Gasteiger partial charge in [-0.05, 0) is 37.1 Å². The normalized spacial score (nSPS) is 19.1. The summed E-state index contributed by atoms with van der Waals surface area (Å²) >= 11 is 7.98. The van der Waals surface area contributed by atoms with Crippen molar-refractivity contribution in [3.63, 3.8) is 0 Å². The number of halogens is 1. The van der Waals surface area contributed by atoms with E-state index >= 15 is 0 Å².